The summed E-state index contributed by atoms with van der Waals surface area (Å²) >= 11 is 0. The molecule has 0 aliphatic rings. The van der Waals surface area contributed by atoms with Gasteiger partial charge in [0.2, 0.25) is 0 Å². The molecule has 0 bridgehead atoms. The largest absolute Gasteiger partial charge is 0.383 e. The van der Waals surface area contributed by atoms with E-state index in [0.717, 1.165) is 11.1 Å². The Bertz CT molecular complexity index is 1070. The van der Waals surface area contributed by atoms with Crippen LogP contribution in [0.2, 0.25) is 0 Å². The van der Waals surface area contributed by atoms with Crippen molar-refractivity contribution in [3.63, 3.8) is 0 Å². The van der Waals surface area contributed by atoms with Gasteiger partial charge in [0.25, 0.3) is 0 Å². The molecule has 1 aromatic carbocycles. The second kappa shape index (κ2) is 7.48. The Morgan fingerprint density at radius 3 is 2.63 bits per heavy atom. The molecule has 3 aromatic heterocycles. The molecular formula is C18H21FN8. The molecule has 0 radical (unpaired) electrons. The third-order valence-corrected chi connectivity index (χ3v) is 4.10. The number of nitrogens with zero attached hydrogens (tertiary/aromatic N) is 7. The molecule has 2 N–H and O–H groups in total. The summed E-state index contributed by atoms with van der Waals surface area (Å²) in [6, 6.07) is 6.13. The van der Waals surface area contributed by atoms with Crippen molar-refractivity contribution in [1.29, 1.82) is 0 Å². The zero-order valence-electron chi connectivity index (χ0n) is 15.6. The molecular weight excluding hydrogens is 347 g/mol. The summed E-state index contributed by atoms with van der Waals surface area (Å²) < 4.78 is 17.1. The fourth-order valence-electron chi connectivity index (χ4n) is 2.79. The van der Waals surface area contributed by atoms with Crippen LogP contribution in [0.15, 0.2) is 36.8 Å². The number of rotatable bonds is 3. The van der Waals surface area contributed by atoms with Crippen molar-refractivity contribution in [2.45, 2.75) is 33.7 Å². The van der Waals surface area contributed by atoms with Gasteiger partial charge < -0.3 is 5.73 Å². The molecule has 0 saturated heterocycles. The van der Waals surface area contributed by atoms with Gasteiger partial charge in [0.1, 0.15) is 29.3 Å². The summed E-state index contributed by atoms with van der Waals surface area (Å²) in [6.45, 7) is 7.77. The maximum absolute atomic E-state index is 13.9. The van der Waals surface area contributed by atoms with E-state index in [1.54, 1.807) is 29.1 Å². The predicted octanol–water partition coefficient (Wildman–Crippen LogP) is 3.07. The summed E-state index contributed by atoms with van der Waals surface area (Å²) in [5.74, 6) is 0.0171. The second-order valence-corrected chi connectivity index (χ2v) is 5.70. The molecule has 4 aromatic rings. The monoisotopic (exact) mass is 368 g/mol. The van der Waals surface area contributed by atoms with Crippen LogP contribution in [0.3, 0.4) is 0 Å². The van der Waals surface area contributed by atoms with E-state index in [0.29, 0.717) is 22.8 Å². The molecule has 0 fully saturated rings. The molecule has 27 heavy (non-hydrogen) atoms. The van der Waals surface area contributed by atoms with Gasteiger partial charge in [0.15, 0.2) is 5.65 Å². The average Bonchev–Trinajstić information content (AvgIpc) is 3.29. The van der Waals surface area contributed by atoms with Crippen LogP contribution in [0.1, 0.15) is 38.2 Å². The van der Waals surface area contributed by atoms with Crippen molar-refractivity contribution in [2.24, 2.45) is 0 Å². The molecule has 0 aliphatic heterocycles. The first-order valence-electron chi connectivity index (χ1n) is 8.68. The van der Waals surface area contributed by atoms with E-state index >= 15 is 0 Å². The number of halogens is 1. The van der Waals surface area contributed by atoms with Crippen molar-refractivity contribution < 1.29 is 4.39 Å². The minimum atomic E-state index is -0.368. The second-order valence-electron chi connectivity index (χ2n) is 5.70. The molecule has 140 valence electrons. The lowest BCUT2D eigenvalue weighted by Gasteiger charge is -2.09. The van der Waals surface area contributed by atoms with Crippen LogP contribution in [0.5, 0.6) is 0 Å². The maximum atomic E-state index is 13.9. The Kier molecular flexibility index (Phi) is 5.11. The highest BCUT2D eigenvalue weighted by Crippen LogP contribution is 2.26. The predicted molar refractivity (Wildman–Crippen MR) is 101 cm³/mol. The Hall–Kier alpha value is -3.36. The third-order valence-electron chi connectivity index (χ3n) is 4.10. The van der Waals surface area contributed by atoms with E-state index in [9.17, 15) is 4.39 Å². The Labute approximate surface area is 155 Å². The molecule has 9 heteroatoms. The number of benzene rings is 1. The molecule has 1 unspecified atom stereocenters. The first kappa shape index (κ1) is 18.4. The van der Waals surface area contributed by atoms with E-state index in [1.165, 1.54) is 17.1 Å². The lowest BCUT2D eigenvalue weighted by Crippen LogP contribution is -2.10. The molecule has 0 aliphatic carbocycles. The summed E-state index contributed by atoms with van der Waals surface area (Å²) in [5.41, 5.74) is 8.25. The van der Waals surface area contributed by atoms with E-state index in [4.69, 9.17) is 5.73 Å². The van der Waals surface area contributed by atoms with Gasteiger partial charge in [-0.3, -0.25) is 0 Å². The van der Waals surface area contributed by atoms with Gasteiger partial charge in [0, 0.05) is 0 Å². The van der Waals surface area contributed by atoms with Gasteiger partial charge in [-0.15, -0.1) is 5.10 Å². The number of fused-ring (bicyclic) bond motifs is 1. The molecule has 0 amide bonds. The summed E-state index contributed by atoms with van der Waals surface area (Å²) in [5, 5.41) is 13.4. The van der Waals surface area contributed by atoms with Gasteiger partial charge in [-0.2, -0.15) is 5.10 Å². The number of aromatic nitrogens is 7. The van der Waals surface area contributed by atoms with Crippen LogP contribution in [0.4, 0.5) is 10.2 Å². The first-order valence-corrected chi connectivity index (χ1v) is 8.68. The van der Waals surface area contributed by atoms with Gasteiger partial charge >= 0.3 is 0 Å². The topological polar surface area (TPSA) is 100 Å². The van der Waals surface area contributed by atoms with Gasteiger partial charge in [-0.1, -0.05) is 31.2 Å². The molecule has 1 atom stereocenters. The summed E-state index contributed by atoms with van der Waals surface area (Å²) in [7, 11) is 0. The lowest BCUT2D eigenvalue weighted by atomic mass is 10.2. The normalized spacial score (nSPS) is 11.9. The Balaban J connectivity index is 0.00000102. The maximum Gasteiger partial charge on any atom is 0.164 e. The van der Waals surface area contributed by atoms with Crippen molar-refractivity contribution in [1.82, 2.24) is 34.7 Å². The van der Waals surface area contributed by atoms with Crippen LogP contribution < -0.4 is 5.73 Å². The van der Waals surface area contributed by atoms with E-state index in [-0.39, 0.29) is 11.9 Å². The number of nitrogens with two attached hydrogens (primary N) is 1. The molecule has 8 nitrogen and oxygen atoms in total. The van der Waals surface area contributed by atoms with E-state index in [1.807, 2.05) is 27.7 Å². The fourth-order valence-corrected chi connectivity index (χ4v) is 2.79. The van der Waals surface area contributed by atoms with Crippen LogP contribution in [0.25, 0.3) is 16.7 Å². The first-order chi connectivity index (χ1) is 13.1. The highest BCUT2D eigenvalue weighted by atomic mass is 19.1. The van der Waals surface area contributed by atoms with Crippen LogP contribution >= 0.6 is 0 Å². The SMILES string of the molecule is CC.Cc1nn(C(C)c2cn(-c3ccccc3F)nn2)c2ncnc(N)c12. The standard InChI is InChI=1S/C16H15FN8.C2H6/c1-9-14-15(18)19-8-20-16(14)25(22-9)10(2)12-7-24(23-21-12)13-6-4-3-5-11(13)17;1-2/h3-8,10H,1-2H3,(H2,18,19,20);1-2H3. The number of hydrogen-bond acceptors (Lipinski definition) is 6. The van der Waals surface area contributed by atoms with Gasteiger partial charge in [-0.25, -0.2) is 23.7 Å². The number of para-hydroxylation sites is 1. The molecule has 3 heterocycles. The summed E-state index contributed by atoms with van der Waals surface area (Å²) in [4.78, 5) is 8.29. The highest BCUT2D eigenvalue weighted by Gasteiger charge is 2.20. The van der Waals surface area contributed by atoms with Crippen LogP contribution in [0, 0.1) is 12.7 Å². The minimum absolute atomic E-state index is 0.258. The van der Waals surface area contributed by atoms with Gasteiger partial charge in [-0.05, 0) is 26.0 Å². The zero-order chi connectivity index (χ0) is 19.6. The average molecular weight is 368 g/mol. The van der Waals surface area contributed by atoms with E-state index < -0.39 is 0 Å². The van der Waals surface area contributed by atoms with Crippen molar-refractivity contribution in [2.75, 3.05) is 5.73 Å². The van der Waals surface area contributed by atoms with Crippen molar-refractivity contribution in [3.8, 4) is 5.69 Å². The van der Waals surface area contributed by atoms with Crippen molar-refractivity contribution in [3.05, 3.63) is 54.0 Å². The van der Waals surface area contributed by atoms with Crippen LogP contribution in [-0.2, 0) is 0 Å². The third kappa shape index (κ3) is 3.23. The highest BCUT2D eigenvalue weighted by molar-refractivity contribution is 5.87. The van der Waals surface area contributed by atoms with Gasteiger partial charge in [0.05, 0.1) is 23.3 Å². The van der Waals surface area contributed by atoms with Crippen LogP contribution in [-0.4, -0.2) is 34.7 Å². The quantitative estimate of drug-likeness (QED) is 0.596. The number of nitrogen functional groups attached to an aromatic ring is 1. The Morgan fingerprint density at radius 2 is 1.89 bits per heavy atom. The summed E-state index contributed by atoms with van der Waals surface area (Å²) in [6.07, 6.45) is 3.08. The lowest BCUT2D eigenvalue weighted by molar-refractivity contribution is 0.560. The smallest absolute Gasteiger partial charge is 0.164 e. The number of aryl methyl sites for hydroxylation is 1. The number of anilines is 1. The zero-order valence-corrected chi connectivity index (χ0v) is 15.6. The Morgan fingerprint density at radius 1 is 1.15 bits per heavy atom. The number of hydrogen-bond donors (Lipinski definition) is 1. The van der Waals surface area contributed by atoms with Crippen molar-refractivity contribution >= 4 is 16.9 Å². The fraction of sp³-hybridized carbons (Fsp3) is 0.278. The van der Waals surface area contributed by atoms with E-state index in [2.05, 4.69) is 25.4 Å². The minimum Gasteiger partial charge on any atom is -0.383 e. The molecule has 0 saturated carbocycles. The molecule has 4 rings (SSSR count). The molecule has 0 spiro atoms.